The number of hydrogen-bond acceptors (Lipinski definition) is 5. The minimum Gasteiger partial charge on any atom is -0.324 e. The number of anilines is 1. The Balaban J connectivity index is 1.64. The maximum Gasteiger partial charge on any atom is 0.269 e. The smallest absolute Gasteiger partial charge is 0.269 e. The number of hydrogen-bond donors (Lipinski definition) is 1. The highest BCUT2D eigenvalue weighted by atomic mass is 16.6. The quantitative estimate of drug-likeness (QED) is 0.432. The van der Waals surface area contributed by atoms with E-state index in [1.54, 1.807) is 4.68 Å². The highest BCUT2D eigenvalue weighted by Crippen LogP contribution is 2.27. The molecule has 8 nitrogen and oxygen atoms in total. The summed E-state index contributed by atoms with van der Waals surface area (Å²) in [7, 11) is 0. The van der Waals surface area contributed by atoms with Gasteiger partial charge in [-0.15, -0.1) is 0 Å². The van der Waals surface area contributed by atoms with Crippen LogP contribution in [-0.4, -0.2) is 25.6 Å². The largest absolute Gasteiger partial charge is 0.324 e. The first kappa shape index (κ1) is 17.6. The molecule has 0 spiro atoms. The van der Waals surface area contributed by atoms with Gasteiger partial charge in [0.25, 0.3) is 5.69 Å². The van der Waals surface area contributed by atoms with Crippen molar-refractivity contribution >= 4 is 39.2 Å². The number of non-ortho nitro benzene ring substituents is 1. The summed E-state index contributed by atoms with van der Waals surface area (Å²) in [6.45, 7) is 3.92. The lowest BCUT2D eigenvalue weighted by Gasteiger charge is -2.07. The van der Waals surface area contributed by atoms with Gasteiger partial charge in [0, 0.05) is 28.6 Å². The van der Waals surface area contributed by atoms with Crippen molar-refractivity contribution in [1.29, 1.82) is 0 Å². The third-order valence-electron chi connectivity index (χ3n) is 4.67. The van der Waals surface area contributed by atoms with E-state index < -0.39 is 4.92 Å². The van der Waals surface area contributed by atoms with Gasteiger partial charge in [-0.1, -0.05) is 18.2 Å². The van der Waals surface area contributed by atoms with Crippen molar-refractivity contribution in [3.63, 3.8) is 0 Å². The molecule has 0 atom stereocenters. The van der Waals surface area contributed by atoms with Gasteiger partial charge in [0.15, 0.2) is 5.65 Å². The number of carbonyl (C=O) groups is 1. The molecule has 2 aromatic heterocycles. The normalized spacial score (nSPS) is 11.1. The van der Waals surface area contributed by atoms with Gasteiger partial charge in [-0.2, -0.15) is 5.10 Å². The number of benzene rings is 2. The molecule has 1 N–H and O–H groups in total. The van der Waals surface area contributed by atoms with Crippen LogP contribution in [0.2, 0.25) is 0 Å². The van der Waals surface area contributed by atoms with Crippen LogP contribution in [0.5, 0.6) is 0 Å². The van der Waals surface area contributed by atoms with E-state index in [1.807, 2.05) is 38.1 Å². The first-order valence-electron chi connectivity index (χ1n) is 8.71. The van der Waals surface area contributed by atoms with E-state index in [4.69, 9.17) is 4.98 Å². The number of rotatable bonds is 4. The van der Waals surface area contributed by atoms with Crippen LogP contribution in [0.1, 0.15) is 11.3 Å². The summed E-state index contributed by atoms with van der Waals surface area (Å²) in [6.07, 6.45) is 0. The van der Waals surface area contributed by atoms with Gasteiger partial charge in [-0.25, -0.2) is 9.67 Å². The lowest BCUT2D eigenvalue weighted by molar-refractivity contribution is -0.384. The molecule has 4 aromatic rings. The molecule has 0 aliphatic heterocycles. The number of carbonyl (C=O) groups excluding carboxylic acids is 1. The summed E-state index contributed by atoms with van der Waals surface area (Å²) in [5, 5.41) is 20.0. The highest BCUT2D eigenvalue weighted by molar-refractivity contribution is 5.98. The maximum absolute atomic E-state index is 12.5. The molecular formula is C20H17N5O3. The van der Waals surface area contributed by atoms with E-state index in [-0.39, 0.29) is 18.1 Å². The first-order chi connectivity index (χ1) is 13.4. The molecule has 4 rings (SSSR count). The Labute approximate surface area is 160 Å². The van der Waals surface area contributed by atoms with Crippen molar-refractivity contribution in [3.8, 4) is 0 Å². The molecule has 0 bridgehead atoms. The predicted octanol–water partition coefficient (Wildman–Crippen LogP) is 3.75. The Morgan fingerprint density at radius 2 is 1.86 bits per heavy atom. The first-order valence-corrected chi connectivity index (χ1v) is 8.71. The Kier molecular flexibility index (Phi) is 4.23. The number of fused-ring (bicyclic) bond motifs is 2. The summed E-state index contributed by atoms with van der Waals surface area (Å²) < 4.78 is 1.59. The fourth-order valence-electron chi connectivity index (χ4n) is 3.37. The van der Waals surface area contributed by atoms with E-state index in [0.29, 0.717) is 11.3 Å². The third-order valence-corrected chi connectivity index (χ3v) is 4.67. The number of nitrogens with zero attached hydrogens (tertiary/aromatic N) is 4. The fourth-order valence-corrected chi connectivity index (χ4v) is 3.37. The molecule has 0 aliphatic carbocycles. The summed E-state index contributed by atoms with van der Waals surface area (Å²) in [5.41, 5.74) is 3.86. The van der Waals surface area contributed by atoms with Crippen molar-refractivity contribution in [3.05, 3.63) is 69.9 Å². The molecule has 28 heavy (non-hydrogen) atoms. The predicted molar refractivity (Wildman–Crippen MR) is 106 cm³/mol. The zero-order valence-corrected chi connectivity index (χ0v) is 15.3. The van der Waals surface area contributed by atoms with Crippen LogP contribution in [0.3, 0.4) is 0 Å². The van der Waals surface area contributed by atoms with Gasteiger partial charge < -0.3 is 5.32 Å². The van der Waals surface area contributed by atoms with Crippen molar-refractivity contribution in [2.75, 3.05) is 5.32 Å². The molecular weight excluding hydrogens is 358 g/mol. The Morgan fingerprint density at radius 1 is 1.14 bits per heavy atom. The standard InChI is InChI=1S/C20H17N5O3/c1-12-16-5-3-4-6-17(16)22-20-19(12)13(2)23-24(20)11-18(26)21-14-7-9-15(10-8-14)25(27)28/h3-10H,11H2,1-2H3,(H,21,26). The van der Waals surface area contributed by atoms with Crippen molar-refractivity contribution in [2.45, 2.75) is 20.4 Å². The number of nitro benzene ring substituents is 1. The molecule has 0 radical (unpaired) electrons. The summed E-state index contributed by atoms with van der Waals surface area (Å²) >= 11 is 0. The van der Waals surface area contributed by atoms with E-state index in [2.05, 4.69) is 10.4 Å². The molecule has 140 valence electrons. The fraction of sp³-hybridized carbons (Fsp3) is 0.150. The van der Waals surface area contributed by atoms with Gasteiger partial charge in [0.05, 0.1) is 16.1 Å². The van der Waals surface area contributed by atoms with E-state index in [9.17, 15) is 14.9 Å². The van der Waals surface area contributed by atoms with Gasteiger partial charge in [0.2, 0.25) is 5.91 Å². The number of nitrogens with one attached hydrogen (secondary N) is 1. The van der Waals surface area contributed by atoms with Crippen LogP contribution in [0.15, 0.2) is 48.5 Å². The zero-order valence-electron chi connectivity index (χ0n) is 15.3. The molecule has 0 aliphatic rings. The number of nitro groups is 1. The Bertz CT molecular complexity index is 1230. The van der Waals surface area contributed by atoms with Crippen LogP contribution >= 0.6 is 0 Å². The van der Waals surface area contributed by atoms with Crippen molar-refractivity contribution in [2.24, 2.45) is 0 Å². The summed E-state index contributed by atoms with van der Waals surface area (Å²) in [5.74, 6) is -0.286. The number of aryl methyl sites for hydroxylation is 2. The van der Waals surface area contributed by atoms with Crippen molar-refractivity contribution < 1.29 is 9.72 Å². The second-order valence-corrected chi connectivity index (χ2v) is 6.55. The molecule has 0 unspecified atom stereocenters. The molecule has 0 saturated carbocycles. The molecule has 1 amide bonds. The lowest BCUT2D eigenvalue weighted by atomic mass is 10.1. The van der Waals surface area contributed by atoms with Gasteiger partial charge in [-0.3, -0.25) is 14.9 Å². The number of pyridine rings is 1. The van der Waals surface area contributed by atoms with Gasteiger partial charge in [-0.05, 0) is 37.6 Å². The molecule has 0 fully saturated rings. The van der Waals surface area contributed by atoms with Crippen LogP contribution in [-0.2, 0) is 11.3 Å². The minimum absolute atomic E-state index is 0.00783. The highest BCUT2D eigenvalue weighted by Gasteiger charge is 2.16. The Morgan fingerprint density at radius 3 is 2.57 bits per heavy atom. The van der Waals surface area contributed by atoms with E-state index in [1.165, 1.54) is 24.3 Å². The summed E-state index contributed by atoms with van der Waals surface area (Å²) in [4.78, 5) is 27.4. The maximum atomic E-state index is 12.5. The number of para-hydroxylation sites is 1. The van der Waals surface area contributed by atoms with E-state index >= 15 is 0 Å². The average molecular weight is 375 g/mol. The monoisotopic (exact) mass is 375 g/mol. The SMILES string of the molecule is Cc1nn(CC(=O)Nc2ccc([N+](=O)[O-])cc2)c2nc3ccccc3c(C)c12. The molecule has 2 aromatic carbocycles. The number of aromatic nitrogens is 3. The number of amides is 1. The zero-order chi connectivity index (χ0) is 19.8. The van der Waals surface area contributed by atoms with Crippen LogP contribution in [0, 0.1) is 24.0 Å². The second-order valence-electron chi connectivity index (χ2n) is 6.55. The Hall–Kier alpha value is -3.81. The van der Waals surface area contributed by atoms with Gasteiger partial charge in [0.1, 0.15) is 6.54 Å². The topological polar surface area (TPSA) is 103 Å². The third kappa shape index (κ3) is 3.05. The molecule has 2 heterocycles. The second kappa shape index (κ2) is 6.73. The minimum atomic E-state index is -0.484. The van der Waals surface area contributed by atoms with Crippen LogP contribution < -0.4 is 5.32 Å². The van der Waals surface area contributed by atoms with Crippen LogP contribution in [0.25, 0.3) is 21.9 Å². The van der Waals surface area contributed by atoms with Gasteiger partial charge >= 0.3 is 0 Å². The van der Waals surface area contributed by atoms with E-state index in [0.717, 1.165) is 27.5 Å². The van der Waals surface area contributed by atoms with Crippen molar-refractivity contribution in [1.82, 2.24) is 14.8 Å². The molecule has 8 heteroatoms. The lowest BCUT2D eigenvalue weighted by Crippen LogP contribution is -2.19. The molecule has 0 saturated heterocycles. The van der Waals surface area contributed by atoms with Crippen LogP contribution in [0.4, 0.5) is 11.4 Å². The average Bonchev–Trinajstić information content (AvgIpc) is 2.97. The summed E-state index contributed by atoms with van der Waals surface area (Å²) in [6, 6.07) is 13.5.